The Labute approximate surface area is 130 Å². The zero-order valence-electron chi connectivity index (χ0n) is 11.3. The van der Waals surface area contributed by atoms with Gasteiger partial charge in [-0.15, -0.1) is 10.2 Å². The Hall–Kier alpha value is -1.92. The summed E-state index contributed by atoms with van der Waals surface area (Å²) >= 11 is 7.40. The van der Waals surface area contributed by atoms with Crippen molar-refractivity contribution in [1.29, 1.82) is 0 Å². The number of carbonyl (C=O) groups is 1. The molecule has 108 valence electrons. The summed E-state index contributed by atoms with van der Waals surface area (Å²) in [5.74, 6) is -0.133. The van der Waals surface area contributed by atoms with Crippen LogP contribution in [0.1, 0.15) is 11.9 Å². The number of aromatic nitrogens is 3. The fourth-order valence-corrected chi connectivity index (χ4v) is 2.92. The van der Waals surface area contributed by atoms with E-state index < -0.39 is 0 Å². The molecule has 2 aromatic heterocycles. The molecule has 0 aliphatic heterocycles. The van der Waals surface area contributed by atoms with Crippen LogP contribution in [0.5, 0.6) is 0 Å². The summed E-state index contributed by atoms with van der Waals surface area (Å²) in [6, 6.07) is 7.58. The number of aryl methyl sites for hydroxylation is 1. The van der Waals surface area contributed by atoms with E-state index in [9.17, 15) is 4.79 Å². The van der Waals surface area contributed by atoms with Crippen molar-refractivity contribution in [3.05, 3.63) is 40.5 Å². The van der Waals surface area contributed by atoms with Crippen LogP contribution in [0.15, 0.2) is 30.5 Å². The summed E-state index contributed by atoms with van der Waals surface area (Å²) in [5.41, 5.74) is 0.934. The third-order valence-corrected chi connectivity index (χ3v) is 4.28. The summed E-state index contributed by atoms with van der Waals surface area (Å²) in [5, 5.41) is 13.8. The number of anilines is 1. The Morgan fingerprint density at radius 1 is 1.38 bits per heavy atom. The molecule has 3 rings (SSSR count). The molecule has 0 unspecified atom stereocenters. The van der Waals surface area contributed by atoms with Gasteiger partial charge in [0.2, 0.25) is 11.0 Å². The van der Waals surface area contributed by atoms with Gasteiger partial charge in [0, 0.05) is 16.7 Å². The summed E-state index contributed by atoms with van der Waals surface area (Å²) in [4.78, 5) is 12.1. The lowest BCUT2D eigenvalue weighted by Gasteiger charge is -2.05. The van der Waals surface area contributed by atoms with E-state index in [-0.39, 0.29) is 12.5 Å². The van der Waals surface area contributed by atoms with E-state index in [0.29, 0.717) is 10.2 Å². The number of benzene rings is 1. The lowest BCUT2D eigenvalue weighted by Crippen LogP contribution is -2.18. The second-order valence-electron chi connectivity index (χ2n) is 4.55. The van der Waals surface area contributed by atoms with Gasteiger partial charge < -0.3 is 4.57 Å². The molecule has 0 aliphatic carbocycles. The highest BCUT2D eigenvalue weighted by atomic mass is 35.5. The first-order chi connectivity index (χ1) is 10.2. The molecule has 1 N–H and O–H groups in total. The minimum atomic E-state index is -0.133. The second-order valence-corrected chi connectivity index (χ2v) is 6.05. The van der Waals surface area contributed by atoms with Gasteiger partial charge in [0.1, 0.15) is 11.6 Å². The van der Waals surface area contributed by atoms with Crippen molar-refractivity contribution in [2.45, 2.75) is 19.9 Å². The van der Waals surface area contributed by atoms with Crippen LogP contribution in [0.3, 0.4) is 0 Å². The molecule has 0 fully saturated rings. The molecule has 1 amide bonds. The molecule has 2 heterocycles. The second kappa shape index (κ2) is 5.83. The van der Waals surface area contributed by atoms with Crippen molar-refractivity contribution < 1.29 is 4.79 Å². The van der Waals surface area contributed by atoms with E-state index in [0.717, 1.165) is 22.3 Å². The zero-order chi connectivity index (χ0) is 14.8. The van der Waals surface area contributed by atoms with Gasteiger partial charge in [-0.05, 0) is 30.0 Å². The number of hydrogen-bond acceptors (Lipinski definition) is 4. The van der Waals surface area contributed by atoms with Crippen LogP contribution in [0.25, 0.3) is 10.9 Å². The third-order valence-electron chi connectivity index (χ3n) is 3.07. The van der Waals surface area contributed by atoms with Gasteiger partial charge in [0.25, 0.3) is 0 Å². The highest BCUT2D eigenvalue weighted by Crippen LogP contribution is 2.21. The van der Waals surface area contributed by atoms with Crippen LogP contribution in [-0.4, -0.2) is 20.7 Å². The molecule has 0 spiro atoms. The minimum Gasteiger partial charge on any atom is -0.338 e. The van der Waals surface area contributed by atoms with Crippen molar-refractivity contribution in [3.8, 4) is 0 Å². The first kappa shape index (κ1) is 14.0. The standard InChI is InChI=1S/C14H13ClN4OS/c1-2-13-17-18-14(21-13)16-12(20)8-19-6-5-9-3-4-10(15)7-11(9)19/h3-7H,2,8H2,1H3,(H,16,18,20). The maximum absolute atomic E-state index is 12.1. The number of hydrogen-bond donors (Lipinski definition) is 1. The van der Waals surface area contributed by atoms with Gasteiger partial charge >= 0.3 is 0 Å². The topological polar surface area (TPSA) is 59.8 Å². The number of rotatable bonds is 4. The molecule has 0 radical (unpaired) electrons. The Morgan fingerprint density at radius 2 is 2.24 bits per heavy atom. The van der Waals surface area contributed by atoms with E-state index in [4.69, 9.17) is 11.6 Å². The van der Waals surface area contributed by atoms with E-state index in [1.807, 2.05) is 42.0 Å². The van der Waals surface area contributed by atoms with Crippen LogP contribution in [0.2, 0.25) is 5.02 Å². The highest BCUT2D eigenvalue weighted by molar-refractivity contribution is 7.15. The van der Waals surface area contributed by atoms with Gasteiger partial charge in [-0.3, -0.25) is 10.1 Å². The van der Waals surface area contributed by atoms with Crippen molar-refractivity contribution in [1.82, 2.24) is 14.8 Å². The van der Waals surface area contributed by atoms with Crippen molar-refractivity contribution in [2.75, 3.05) is 5.32 Å². The van der Waals surface area contributed by atoms with Gasteiger partial charge in [0.15, 0.2) is 0 Å². The molecule has 0 saturated carbocycles. The van der Waals surface area contributed by atoms with Gasteiger partial charge in [-0.1, -0.05) is 35.9 Å². The van der Waals surface area contributed by atoms with E-state index in [1.165, 1.54) is 11.3 Å². The largest absolute Gasteiger partial charge is 0.338 e. The van der Waals surface area contributed by atoms with Gasteiger partial charge in [0.05, 0.1) is 0 Å². The molecule has 7 heteroatoms. The molecular formula is C14H13ClN4OS. The third kappa shape index (κ3) is 3.06. The fourth-order valence-electron chi connectivity index (χ4n) is 2.06. The number of nitrogens with zero attached hydrogens (tertiary/aromatic N) is 3. The predicted molar refractivity (Wildman–Crippen MR) is 84.9 cm³/mol. The van der Waals surface area contributed by atoms with Gasteiger partial charge in [-0.25, -0.2) is 0 Å². The monoisotopic (exact) mass is 320 g/mol. The van der Waals surface area contributed by atoms with Crippen molar-refractivity contribution in [3.63, 3.8) is 0 Å². The maximum Gasteiger partial charge on any atom is 0.246 e. The average Bonchev–Trinajstić information content (AvgIpc) is 3.06. The fraction of sp³-hybridized carbons (Fsp3) is 0.214. The van der Waals surface area contributed by atoms with E-state index in [1.54, 1.807) is 0 Å². The van der Waals surface area contributed by atoms with Crippen LogP contribution < -0.4 is 5.32 Å². The van der Waals surface area contributed by atoms with E-state index in [2.05, 4.69) is 15.5 Å². The first-order valence-corrected chi connectivity index (χ1v) is 7.72. The van der Waals surface area contributed by atoms with Crippen LogP contribution in [0.4, 0.5) is 5.13 Å². The molecule has 0 saturated heterocycles. The van der Waals surface area contributed by atoms with Crippen molar-refractivity contribution in [2.24, 2.45) is 0 Å². The van der Waals surface area contributed by atoms with Crippen LogP contribution >= 0.6 is 22.9 Å². The van der Waals surface area contributed by atoms with Crippen molar-refractivity contribution >= 4 is 44.9 Å². The highest BCUT2D eigenvalue weighted by Gasteiger charge is 2.10. The Kier molecular flexibility index (Phi) is 3.90. The molecule has 0 aliphatic rings. The van der Waals surface area contributed by atoms with Gasteiger partial charge in [-0.2, -0.15) is 0 Å². The number of carbonyl (C=O) groups excluding carboxylic acids is 1. The molecule has 1 aromatic carbocycles. The summed E-state index contributed by atoms with van der Waals surface area (Å²) < 4.78 is 1.86. The summed E-state index contributed by atoms with van der Waals surface area (Å²) in [6.07, 6.45) is 2.69. The molecular weight excluding hydrogens is 308 g/mol. The smallest absolute Gasteiger partial charge is 0.246 e. The minimum absolute atomic E-state index is 0.133. The molecule has 21 heavy (non-hydrogen) atoms. The lowest BCUT2D eigenvalue weighted by atomic mass is 10.2. The normalized spacial score (nSPS) is 11.0. The number of halogens is 1. The summed E-state index contributed by atoms with van der Waals surface area (Å²) in [6.45, 7) is 2.21. The molecule has 0 bridgehead atoms. The Morgan fingerprint density at radius 3 is 3.00 bits per heavy atom. The number of fused-ring (bicyclic) bond motifs is 1. The Balaban J connectivity index is 1.75. The van der Waals surface area contributed by atoms with E-state index >= 15 is 0 Å². The molecule has 5 nitrogen and oxygen atoms in total. The quantitative estimate of drug-likeness (QED) is 0.802. The Bertz CT molecular complexity index is 795. The first-order valence-electron chi connectivity index (χ1n) is 6.52. The molecule has 0 atom stereocenters. The maximum atomic E-state index is 12.1. The molecule has 3 aromatic rings. The summed E-state index contributed by atoms with van der Waals surface area (Å²) in [7, 11) is 0. The van der Waals surface area contributed by atoms with Crippen LogP contribution in [0, 0.1) is 0 Å². The SMILES string of the molecule is CCc1nnc(NC(=O)Cn2ccc3ccc(Cl)cc32)s1. The predicted octanol–water partition coefficient (Wildman–Crippen LogP) is 3.35. The zero-order valence-corrected chi connectivity index (χ0v) is 12.9. The number of nitrogens with one attached hydrogen (secondary N) is 1. The number of amides is 1. The van der Waals surface area contributed by atoms with Crippen LogP contribution in [-0.2, 0) is 17.8 Å². The lowest BCUT2D eigenvalue weighted by molar-refractivity contribution is -0.116. The average molecular weight is 321 g/mol.